The van der Waals surface area contributed by atoms with Crippen molar-refractivity contribution in [1.82, 2.24) is 4.90 Å². The van der Waals surface area contributed by atoms with Gasteiger partial charge in [0.05, 0.1) is 25.4 Å². The molecule has 1 heterocycles. The Morgan fingerprint density at radius 3 is 2.52 bits per heavy atom. The summed E-state index contributed by atoms with van der Waals surface area (Å²) in [6, 6.07) is 14.9. The molecule has 1 saturated heterocycles. The average molecular weight is 442 g/mol. The van der Waals surface area contributed by atoms with E-state index in [-0.39, 0.29) is 18.2 Å². The number of methoxy groups -OCH3 is 1. The first-order valence-electron chi connectivity index (χ1n) is 10.1. The summed E-state index contributed by atoms with van der Waals surface area (Å²) in [5, 5.41) is 2.90. The van der Waals surface area contributed by atoms with Crippen molar-refractivity contribution in [3.63, 3.8) is 0 Å². The number of benzene rings is 2. The third-order valence-electron chi connectivity index (χ3n) is 4.62. The Balaban J connectivity index is 1.71. The largest absolute Gasteiger partial charge is 0.494 e. The molecule has 2 aromatic rings. The summed E-state index contributed by atoms with van der Waals surface area (Å²) < 4.78 is 10.6. The molecule has 0 saturated carbocycles. The lowest BCUT2D eigenvalue weighted by atomic mass is 10.2. The Labute approximate surface area is 186 Å². The van der Waals surface area contributed by atoms with E-state index < -0.39 is 5.25 Å². The van der Waals surface area contributed by atoms with Crippen LogP contribution < -0.4 is 10.1 Å². The lowest BCUT2D eigenvalue weighted by Crippen LogP contribution is -2.35. The number of amides is 2. The van der Waals surface area contributed by atoms with Gasteiger partial charge in [0.2, 0.25) is 11.8 Å². The van der Waals surface area contributed by atoms with Crippen molar-refractivity contribution in [2.45, 2.75) is 25.5 Å². The van der Waals surface area contributed by atoms with Gasteiger partial charge in [0.15, 0.2) is 5.17 Å². The van der Waals surface area contributed by atoms with E-state index in [0.29, 0.717) is 36.3 Å². The molecule has 2 amide bonds. The van der Waals surface area contributed by atoms with E-state index in [9.17, 15) is 9.59 Å². The van der Waals surface area contributed by atoms with E-state index >= 15 is 0 Å². The van der Waals surface area contributed by atoms with Crippen molar-refractivity contribution in [3.8, 4) is 5.75 Å². The van der Waals surface area contributed by atoms with Crippen molar-refractivity contribution in [1.29, 1.82) is 0 Å². The number of aryl methyl sites for hydroxylation is 1. The van der Waals surface area contributed by atoms with Gasteiger partial charge in [0.1, 0.15) is 11.0 Å². The third kappa shape index (κ3) is 6.32. The smallest absolute Gasteiger partial charge is 0.242 e. The highest BCUT2D eigenvalue weighted by atomic mass is 32.2. The predicted octanol–water partition coefficient (Wildman–Crippen LogP) is 4.00. The number of hydrogen-bond donors (Lipinski definition) is 1. The molecule has 31 heavy (non-hydrogen) atoms. The van der Waals surface area contributed by atoms with Crippen molar-refractivity contribution < 1.29 is 19.1 Å². The third-order valence-corrected chi connectivity index (χ3v) is 5.79. The second-order valence-electron chi connectivity index (χ2n) is 7.03. The molecule has 1 fully saturated rings. The van der Waals surface area contributed by atoms with Gasteiger partial charge < -0.3 is 14.8 Å². The highest BCUT2D eigenvalue weighted by Crippen LogP contribution is 2.32. The van der Waals surface area contributed by atoms with Crippen LogP contribution >= 0.6 is 11.8 Å². The Kier molecular flexibility index (Phi) is 8.08. The normalized spacial score (nSPS) is 17.3. The predicted molar refractivity (Wildman–Crippen MR) is 124 cm³/mol. The van der Waals surface area contributed by atoms with Gasteiger partial charge in [-0.3, -0.25) is 14.5 Å². The maximum atomic E-state index is 13.0. The van der Waals surface area contributed by atoms with Crippen LogP contribution in [0, 0.1) is 6.92 Å². The zero-order valence-corrected chi connectivity index (χ0v) is 18.8. The minimum absolute atomic E-state index is 0.0726. The number of carbonyl (C=O) groups is 2. The van der Waals surface area contributed by atoms with Gasteiger partial charge in [-0.15, -0.1) is 0 Å². The first kappa shape index (κ1) is 22.8. The number of rotatable bonds is 9. The molecule has 0 aromatic heterocycles. The molecular formula is C23H27N3O4S. The fourth-order valence-corrected chi connectivity index (χ4v) is 4.21. The van der Waals surface area contributed by atoms with Crippen LogP contribution in [0.1, 0.15) is 18.9 Å². The molecule has 8 heteroatoms. The summed E-state index contributed by atoms with van der Waals surface area (Å²) in [5.74, 6) is 0.429. The average Bonchev–Trinajstić information content (AvgIpc) is 3.03. The molecule has 0 spiro atoms. The highest BCUT2D eigenvalue weighted by molar-refractivity contribution is 8.15. The van der Waals surface area contributed by atoms with Crippen LogP contribution in [0.25, 0.3) is 0 Å². The second kappa shape index (κ2) is 11.0. The number of amidine groups is 1. The van der Waals surface area contributed by atoms with Crippen LogP contribution in [-0.2, 0) is 14.3 Å². The molecule has 3 rings (SSSR count). The van der Waals surface area contributed by atoms with Crippen molar-refractivity contribution in [2.24, 2.45) is 4.99 Å². The number of carbonyl (C=O) groups excluding carboxylic acids is 2. The zero-order valence-electron chi connectivity index (χ0n) is 18.0. The molecule has 0 radical (unpaired) electrons. The Morgan fingerprint density at radius 2 is 1.87 bits per heavy atom. The lowest BCUT2D eigenvalue weighted by Gasteiger charge is -2.15. The Bertz CT molecular complexity index is 929. The van der Waals surface area contributed by atoms with Crippen molar-refractivity contribution in [2.75, 3.05) is 32.2 Å². The fraction of sp³-hybridized carbons (Fsp3) is 0.348. The van der Waals surface area contributed by atoms with Crippen molar-refractivity contribution >= 4 is 40.1 Å². The van der Waals surface area contributed by atoms with Gasteiger partial charge in [0, 0.05) is 19.2 Å². The van der Waals surface area contributed by atoms with Crippen LogP contribution in [0.15, 0.2) is 53.5 Å². The number of thioether (sulfide) groups is 1. The molecule has 164 valence electrons. The summed E-state index contributed by atoms with van der Waals surface area (Å²) in [5.41, 5.74) is 2.54. The molecular weight excluding hydrogens is 414 g/mol. The van der Waals surface area contributed by atoms with Crippen molar-refractivity contribution in [3.05, 3.63) is 54.1 Å². The van der Waals surface area contributed by atoms with Crippen LogP contribution in [-0.4, -0.2) is 54.0 Å². The maximum absolute atomic E-state index is 13.0. The van der Waals surface area contributed by atoms with E-state index in [1.165, 1.54) is 11.8 Å². The van der Waals surface area contributed by atoms with Gasteiger partial charge in [-0.05, 0) is 50.2 Å². The fourth-order valence-electron chi connectivity index (χ4n) is 3.02. The SMILES string of the molecule is CCOc1ccc(N=C2SC(CC(=O)Nc3ccc(C)cc3)C(=O)N2CCOC)cc1. The molecule has 1 unspecified atom stereocenters. The standard InChI is InChI=1S/C23H27N3O4S/c1-4-30-19-11-9-18(10-12-19)25-23-26(13-14-29-3)22(28)20(31-23)15-21(27)24-17-7-5-16(2)6-8-17/h5-12,20H,4,13-15H2,1-3H3,(H,24,27). The quantitative estimate of drug-likeness (QED) is 0.636. The minimum atomic E-state index is -0.524. The molecule has 0 aliphatic carbocycles. The number of aliphatic imine (C=N–C) groups is 1. The van der Waals surface area contributed by atoms with Crippen LogP contribution in [0.5, 0.6) is 5.75 Å². The van der Waals surface area contributed by atoms with Gasteiger partial charge in [0.25, 0.3) is 0 Å². The first-order chi connectivity index (χ1) is 15.0. The number of nitrogens with one attached hydrogen (secondary N) is 1. The van der Waals surface area contributed by atoms with Gasteiger partial charge in [-0.2, -0.15) is 0 Å². The number of ether oxygens (including phenoxy) is 2. The summed E-state index contributed by atoms with van der Waals surface area (Å²) >= 11 is 1.31. The first-order valence-corrected chi connectivity index (χ1v) is 11.0. The summed E-state index contributed by atoms with van der Waals surface area (Å²) in [4.78, 5) is 31.7. The topological polar surface area (TPSA) is 80.2 Å². The highest BCUT2D eigenvalue weighted by Gasteiger charge is 2.39. The summed E-state index contributed by atoms with van der Waals surface area (Å²) in [6.07, 6.45) is 0.0726. The molecule has 2 aromatic carbocycles. The Morgan fingerprint density at radius 1 is 1.16 bits per heavy atom. The maximum Gasteiger partial charge on any atom is 0.242 e. The number of anilines is 1. The number of nitrogens with zero attached hydrogens (tertiary/aromatic N) is 2. The van der Waals surface area contributed by atoms with E-state index in [1.807, 2.05) is 62.4 Å². The second-order valence-corrected chi connectivity index (χ2v) is 8.20. The minimum Gasteiger partial charge on any atom is -0.494 e. The summed E-state index contributed by atoms with van der Waals surface area (Å²) in [6.45, 7) is 5.28. The van der Waals surface area contributed by atoms with Gasteiger partial charge in [-0.1, -0.05) is 29.5 Å². The molecule has 1 aliphatic heterocycles. The van der Waals surface area contributed by atoms with Crippen LogP contribution in [0.2, 0.25) is 0 Å². The van der Waals surface area contributed by atoms with E-state index in [4.69, 9.17) is 9.47 Å². The van der Waals surface area contributed by atoms with E-state index in [2.05, 4.69) is 10.3 Å². The van der Waals surface area contributed by atoms with E-state index in [1.54, 1.807) is 12.0 Å². The van der Waals surface area contributed by atoms with Gasteiger partial charge >= 0.3 is 0 Å². The van der Waals surface area contributed by atoms with E-state index in [0.717, 1.165) is 11.3 Å². The number of hydrogen-bond acceptors (Lipinski definition) is 6. The zero-order chi connectivity index (χ0) is 22.2. The monoisotopic (exact) mass is 441 g/mol. The lowest BCUT2D eigenvalue weighted by molar-refractivity contribution is -0.128. The Hall–Kier alpha value is -2.84. The molecule has 1 atom stereocenters. The molecule has 1 aliphatic rings. The molecule has 1 N–H and O–H groups in total. The van der Waals surface area contributed by atoms with Gasteiger partial charge in [-0.25, -0.2) is 4.99 Å². The summed E-state index contributed by atoms with van der Waals surface area (Å²) in [7, 11) is 1.59. The van der Waals surface area contributed by atoms with Crippen LogP contribution in [0.3, 0.4) is 0 Å². The molecule has 0 bridgehead atoms. The van der Waals surface area contributed by atoms with Crippen LogP contribution in [0.4, 0.5) is 11.4 Å². The molecule has 7 nitrogen and oxygen atoms in total.